The molecule has 4 rings (SSSR count). The molecule has 0 saturated carbocycles. The maximum atomic E-state index is 10.9. The normalized spacial score (nSPS) is 11.9. The number of anilines is 4. The Morgan fingerprint density at radius 2 is 1.41 bits per heavy atom. The van der Waals surface area contributed by atoms with Gasteiger partial charge in [0.05, 0.1) is 89.3 Å². The first-order chi connectivity index (χ1) is 20.1. The summed E-state index contributed by atoms with van der Waals surface area (Å²) in [6.07, 6.45) is 5.66. The van der Waals surface area contributed by atoms with Crippen LogP contribution in [0.4, 0.5) is 22.9 Å². The molecule has 0 radical (unpaired) electrons. The van der Waals surface area contributed by atoms with Crippen LogP contribution in [-0.4, -0.2) is 106 Å². The van der Waals surface area contributed by atoms with Gasteiger partial charge in [-0.25, -0.2) is 9.78 Å². The number of esters is 1. The van der Waals surface area contributed by atoms with Gasteiger partial charge in [0, 0.05) is 30.7 Å². The number of ether oxygens (including phenoxy) is 7. The van der Waals surface area contributed by atoms with E-state index in [1.807, 2.05) is 34.0 Å². The van der Waals surface area contributed by atoms with Crippen molar-refractivity contribution >= 4 is 40.5 Å². The average Bonchev–Trinajstić information content (AvgIpc) is 3.46. The van der Waals surface area contributed by atoms with Gasteiger partial charge in [-0.3, -0.25) is 4.90 Å². The van der Waals surface area contributed by atoms with E-state index in [1.54, 1.807) is 12.3 Å². The molecule has 15 heteroatoms. The van der Waals surface area contributed by atoms with Gasteiger partial charge in [0.25, 0.3) is 0 Å². The second-order valence-electron chi connectivity index (χ2n) is 8.49. The number of rotatable bonds is 20. The van der Waals surface area contributed by atoms with Crippen LogP contribution in [0, 0.1) is 0 Å². The number of nitrogen functional groups attached to an aromatic ring is 1. The van der Waals surface area contributed by atoms with E-state index in [4.69, 9.17) is 45.8 Å². The van der Waals surface area contributed by atoms with E-state index in [1.165, 1.54) is 7.11 Å². The summed E-state index contributed by atoms with van der Waals surface area (Å²) in [5, 5.41) is 7.90. The fourth-order valence-corrected chi connectivity index (χ4v) is 3.77. The van der Waals surface area contributed by atoms with Crippen molar-refractivity contribution in [2.45, 2.75) is 0 Å². The van der Waals surface area contributed by atoms with Gasteiger partial charge in [0.15, 0.2) is 11.0 Å². The average molecular weight is 593 g/mol. The molecule has 1 aliphatic heterocycles. The molecule has 41 heavy (non-hydrogen) atoms. The molecule has 2 N–H and O–H groups in total. The van der Waals surface area contributed by atoms with Crippen LogP contribution in [0.5, 0.6) is 5.88 Å². The summed E-state index contributed by atoms with van der Waals surface area (Å²) in [6, 6.07) is 5.44. The van der Waals surface area contributed by atoms with Crippen LogP contribution in [0.1, 0.15) is 0 Å². The third-order valence-corrected chi connectivity index (χ3v) is 5.84. The van der Waals surface area contributed by atoms with E-state index in [9.17, 15) is 4.79 Å². The molecule has 0 unspecified atom stereocenters. The van der Waals surface area contributed by atoms with Crippen molar-refractivity contribution in [1.82, 2.24) is 19.7 Å². The number of halogens is 1. The highest BCUT2D eigenvalue weighted by molar-refractivity contribution is 6.29. The standard InChI is InChI=1S/C26H33ClN6O8/c1-35-25(34)18-40-11-10-38-7-6-36-4-5-37-8-9-39-12-13-41-24-14-19(2-3-29-24)32-16-21-22(17-32)33(21)20-15-23(27)30-31-26(20)28/h2-3,14-17H,4-13,18H2,1H3,(H2,28,31). The minimum absolute atomic E-state index is 0.0769. The molecular formula is C26H33ClN6O8. The number of nitrogens with zero attached hydrogens (tertiary/aromatic N) is 5. The van der Waals surface area contributed by atoms with Gasteiger partial charge >= 0.3 is 5.97 Å². The minimum atomic E-state index is -0.413. The molecule has 0 spiro atoms. The molecule has 0 fully saturated rings. The SMILES string of the molecule is COC(=O)COCCOCCOCCOCCOCCOc1cc(-n2cc3c(c2)N3c2cc(Cl)nnc2N)ccn1. The molecule has 3 aromatic rings. The number of aromatic nitrogens is 4. The van der Waals surface area contributed by atoms with Crippen LogP contribution in [-0.2, 0) is 33.2 Å². The van der Waals surface area contributed by atoms with Crippen LogP contribution in [0.2, 0.25) is 5.15 Å². The van der Waals surface area contributed by atoms with Crippen molar-refractivity contribution in [3.63, 3.8) is 0 Å². The van der Waals surface area contributed by atoms with Crippen LogP contribution in [0.25, 0.3) is 5.69 Å². The van der Waals surface area contributed by atoms with Crippen molar-refractivity contribution in [2.24, 2.45) is 0 Å². The van der Waals surface area contributed by atoms with Gasteiger partial charge in [-0.15, -0.1) is 10.2 Å². The van der Waals surface area contributed by atoms with E-state index >= 15 is 0 Å². The number of nitrogens with two attached hydrogens (primary N) is 1. The summed E-state index contributed by atoms with van der Waals surface area (Å²) >= 11 is 5.96. The predicted octanol–water partition coefficient (Wildman–Crippen LogP) is 2.32. The van der Waals surface area contributed by atoms with Crippen molar-refractivity contribution in [3.8, 4) is 11.6 Å². The van der Waals surface area contributed by atoms with Crippen LogP contribution in [0.15, 0.2) is 36.8 Å². The van der Waals surface area contributed by atoms with Gasteiger partial charge in [0.1, 0.15) is 13.2 Å². The van der Waals surface area contributed by atoms with E-state index in [0.29, 0.717) is 83.5 Å². The predicted molar refractivity (Wildman–Crippen MR) is 148 cm³/mol. The topological polar surface area (TPSA) is 154 Å². The number of hydrogen-bond acceptors (Lipinski definition) is 13. The molecule has 0 aromatic carbocycles. The lowest BCUT2D eigenvalue weighted by Gasteiger charge is -2.11. The van der Waals surface area contributed by atoms with Crippen LogP contribution < -0.4 is 15.4 Å². The molecule has 14 nitrogen and oxygen atoms in total. The molecule has 0 amide bonds. The molecule has 222 valence electrons. The molecule has 1 aliphatic rings. The maximum absolute atomic E-state index is 10.9. The first-order valence-corrected chi connectivity index (χ1v) is 13.3. The number of methoxy groups -OCH3 is 1. The Bertz CT molecular complexity index is 1240. The van der Waals surface area contributed by atoms with Gasteiger partial charge in [-0.1, -0.05) is 11.6 Å². The zero-order chi connectivity index (χ0) is 28.9. The first kappa shape index (κ1) is 30.4. The van der Waals surface area contributed by atoms with Crippen molar-refractivity contribution in [2.75, 3.05) is 90.4 Å². The summed E-state index contributed by atoms with van der Waals surface area (Å²) in [5.41, 5.74) is 9.57. The lowest BCUT2D eigenvalue weighted by atomic mass is 10.4. The number of pyridine rings is 1. The third-order valence-electron chi connectivity index (χ3n) is 5.66. The fraction of sp³-hybridized carbons (Fsp3) is 0.462. The van der Waals surface area contributed by atoms with Gasteiger partial charge in [0.2, 0.25) is 5.88 Å². The quantitative estimate of drug-likeness (QED) is 0.0907. The van der Waals surface area contributed by atoms with Crippen molar-refractivity contribution in [1.29, 1.82) is 0 Å². The van der Waals surface area contributed by atoms with E-state index < -0.39 is 5.97 Å². The van der Waals surface area contributed by atoms with Gasteiger partial charge in [-0.2, -0.15) is 0 Å². The third kappa shape index (κ3) is 9.52. The largest absolute Gasteiger partial charge is 0.475 e. The summed E-state index contributed by atoms with van der Waals surface area (Å²) < 4.78 is 39.0. The smallest absolute Gasteiger partial charge is 0.331 e. The van der Waals surface area contributed by atoms with E-state index in [-0.39, 0.29) is 11.8 Å². The summed E-state index contributed by atoms with van der Waals surface area (Å²) in [4.78, 5) is 17.1. The monoisotopic (exact) mass is 592 g/mol. The zero-order valence-electron chi connectivity index (χ0n) is 22.7. The highest BCUT2D eigenvalue weighted by Gasteiger charge is 2.35. The van der Waals surface area contributed by atoms with Crippen LogP contribution >= 0.6 is 11.6 Å². The first-order valence-electron chi connectivity index (χ1n) is 12.9. The van der Waals surface area contributed by atoms with E-state index in [2.05, 4.69) is 19.9 Å². The number of fused-ring (bicyclic) bond motifs is 1. The Balaban J connectivity index is 1.00. The van der Waals surface area contributed by atoms with E-state index in [0.717, 1.165) is 17.1 Å². The molecule has 3 aromatic heterocycles. The molecule has 0 atom stereocenters. The Hall–Kier alpha value is -3.53. The zero-order valence-corrected chi connectivity index (χ0v) is 23.5. The highest BCUT2D eigenvalue weighted by atomic mass is 35.5. The molecule has 4 heterocycles. The summed E-state index contributed by atoms with van der Waals surface area (Å²) in [6.45, 7) is 4.08. The Morgan fingerprint density at radius 1 is 0.829 bits per heavy atom. The van der Waals surface area contributed by atoms with Gasteiger partial charge < -0.3 is 43.5 Å². The summed E-state index contributed by atoms with van der Waals surface area (Å²) in [7, 11) is 1.31. The van der Waals surface area contributed by atoms with Crippen LogP contribution in [0.3, 0.4) is 0 Å². The molecule has 0 saturated heterocycles. The van der Waals surface area contributed by atoms with Crippen molar-refractivity contribution < 1.29 is 38.0 Å². The lowest BCUT2D eigenvalue weighted by Crippen LogP contribution is -2.15. The second kappa shape index (κ2) is 16.0. The number of hydrogen-bond donors (Lipinski definition) is 1. The Morgan fingerprint density at radius 3 is 2.02 bits per heavy atom. The van der Waals surface area contributed by atoms with Gasteiger partial charge in [-0.05, 0) is 6.07 Å². The Labute approximate surface area is 242 Å². The molecule has 0 bridgehead atoms. The molecular weight excluding hydrogens is 560 g/mol. The second-order valence-corrected chi connectivity index (χ2v) is 8.88. The Kier molecular flexibility index (Phi) is 11.9. The van der Waals surface area contributed by atoms with Crippen molar-refractivity contribution in [3.05, 3.63) is 41.9 Å². The maximum Gasteiger partial charge on any atom is 0.331 e. The number of carbonyl (C=O) groups excluding carboxylic acids is 1. The highest BCUT2D eigenvalue weighted by Crippen LogP contribution is 2.56. The fourth-order valence-electron chi connectivity index (χ4n) is 3.63. The number of carbonyl (C=O) groups is 1. The molecule has 0 aliphatic carbocycles. The summed E-state index contributed by atoms with van der Waals surface area (Å²) in [5.74, 6) is 0.403. The minimum Gasteiger partial charge on any atom is -0.475 e. The lowest BCUT2D eigenvalue weighted by molar-refractivity contribution is -0.146.